The molecule has 31 heavy (non-hydrogen) atoms. The van der Waals surface area contributed by atoms with E-state index < -0.39 is 0 Å². The average Bonchev–Trinajstić information content (AvgIpc) is 3.48. The molecule has 2 heterocycles. The Labute approximate surface area is 184 Å². The number of nitrogens with one attached hydrogen (secondary N) is 1. The lowest BCUT2D eigenvalue weighted by Crippen LogP contribution is -2.28. The van der Waals surface area contributed by atoms with Crippen LogP contribution in [0.1, 0.15) is 26.4 Å². The molecule has 1 aliphatic heterocycles. The predicted octanol–water partition coefficient (Wildman–Crippen LogP) is 5.27. The van der Waals surface area contributed by atoms with Gasteiger partial charge in [-0.1, -0.05) is 48.5 Å². The highest BCUT2D eigenvalue weighted by molar-refractivity contribution is 7.13. The zero-order chi connectivity index (χ0) is 21.2. The maximum absolute atomic E-state index is 12.9. The third-order valence-electron chi connectivity index (χ3n) is 5.28. The fourth-order valence-corrected chi connectivity index (χ4v) is 4.49. The number of para-hydroxylation sites is 1. The molecule has 0 atom stereocenters. The molecule has 5 nitrogen and oxygen atoms in total. The minimum atomic E-state index is -0.272. The van der Waals surface area contributed by atoms with E-state index in [1.807, 2.05) is 53.4 Å². The van der Waals surface area contributed by atoms with Gasteiger partial charge in [0.25, 0.3) is 11.8 Å². The molecule has 4 aromatic rings. The van der Waals surface area contributed by atoms with Gasteiger partial charge in [0.15, 0.2) is 0 Å². The molecular weight excluding hydrogens is 406 g/mol. The summed E-state index contributed by atoms with van der Waals surface area (Å²) < 4.78 is 0. The predicted molar refractivity (Wildman–Crippen MR) is 124 cm³/mol. The molecule has 6 heteroatoms. The van der Waals surface area contributed by atoms with Crippen molar-refractivity contribution >= 4 is 34.5 Å². The van der Waals surface area contributed by atoms with Gasteiger partial charge in [-0.05, 0) is 42.3 Å². The van der Waals surface area contributed by atoms with Crippen molar-refractivity contribution in [2.75, 3.05) is 16.8 Å². The lowest BCUT2D eigenvalue weighted by molar-refractivity contribution is 0.0988. The molecule has 5 rings (SSSR count). The van der Waals surface area contributed by atoms with Crippen molar-refractivity contribution in [3.63, 3.8) is 0 Å². The van der Waals surface area contributed by atoms with Crippen molar-refractivity contribution in [3.05, 3.63) is 101 Å². The van der Waals surface area contributed by atoms with Gasteiger partial charge in [-0.25, -0.2) is 4.98 Å². The van der Waals surface area contributed by atoms with Crippen molar-refractivity contribution in [1.29, 1.82) is 0 Å². The van der Waals surface area contributed by atoms with Crippen LogP contribution in [0.25, 0.3) is 10.6 Å². The van der Waals surface area contributed by atoms with E-state index in [2.05, 4.69) is 16.4 Å². The molecule has 1 aliphatic rings. The second-order valence-corrected chi connectivity index (χ2v) is 8.13. The Morgan fingerprint density at radius 3 is 2.45 bits per heavy atom. The quantitative estimate of drug-likeness (QED) is 0.485. The Balaban J connectivity index is 1.27. The topological polar surface area (TPSA) is 62.3 Å². The number of carbonyl (C=O) groups is 2. The van der Waals surface area contributed by atoms with Crippen molar-refractivity contribution < 1.29 is 9.59 Å². The molecular formula is C25H19N3O2S. The van der Waals surface area contributed by atoms with Gasteiger partial charge < -0.3 is 10.2 Å². The number of fused-ring (bicyclic) bond motifs is 1. The van der Waals surface area contributed by atoms with Crippen LogP contribution in [0.3, 0.4) is 0 Å². The van der Waals surface area contributed by atoms with Crippen LogP contribution in [0, 0.1) is 0 Å². The summed E-state index contributed by atoms with van der Waals surface area (Å²) >= 11 is 1.43. The van der Waals surface area contributed by atoms with Crippen LogP contribution < -0.4 is 10.2 Å². The lowest BCUT2D eigenvalue weighted by atomic mass is 10.1. The molecule has 0 spiro atoms. The molecule has 152 valence electrons. The van der Waals surface area contributed by atoms with E-state index in [0.717, 1.165) is 22.7 Å². The molecule has 2 amide bonds. The summed E-state index contributed by atoms with van der Waals surface area (Å²) in [5, 5.41) is 5.41. The van der Waals surface area contributed by atoms with Crippen LogP contribution in [0.5, 0.6) is 0 Å². The van der Waals surface area contributed by atoms with Crippen LogP contribution in [0.15, 0.2) is 84.2 Å². The Bertz CT molecular complexity index is 1250. The van der Waals surface area contributed by atoms with Gasteiger partial charge in [-0.15, -0.1) is 11.3 Å². The second-order valence-electron chi connectivity index (χ2n) is 7.27. The van der Waals surface area contributed by atoms with Gasteiger partial charge in [0, 0.05) is 34.4 Å². The summed E-state index contributed by atoms with van der Waals surface area (Å²) in [5.74, 6) is -0.305. The largest absolute Gasteiger partial charge is 0.321 e. The Morgan fingerprint density at radius 1 is 0.903 bits per heavy atom. The van der Waals surface area contributed by atoms with E-state index in [1.165, 1.54) is 16.9 Å². The summed E-state index contributed by atoms with van der Waals surface area (Å²) in [4.78, 5) is 31.8. The highest BCUT2D eigenvalue weighted by Gasteiger charge is 2.25. The average molecular weight is 426 g/mol. The number of thiazole rings is 1. The Hall–Kier alpha value is -3.77. The van der Waals surface area contributed by atoms with E-state index in [4.69, 9.17) is 0 Å². The first kappa shape index (κ1) is 19.2. The number of hydrogen-bond acceptors (Lipinski definition) is 4. The number of hydrogen-bond donors (Lipinski definition) is 1. The Kier molecular flexibility index (Phi) is 5.06. The number of rotatable bonds is 4. The number of benzene rings is 3. The molecule has 0 bridgehead atoms. The van der Waals surface area contributed by atoms with Crippen molar-refractivity contribution in [3.8, 4) is 10.6 Å². The number of nitrogens with zero attached hydrogens (tertiary/aromatic N) is 2. The lowest BCUT2D eigenvalue weighted by Gasteiger charge is -2.17. The molecule has 0 radical (unpaired) electrons. The minimum Gasteiger partial charge on any atom is -0.321 e. The number of amides is 2. The maximum atomic E-state index is 12.9. The van der Waals surface area contributed by atoms with Gasteiger partial charge in [0.1, 0.15) is 10.7 Å². The summed E-state index contributed by atoms with van der Waals surface area (Å²) in [5.41, 5.74) is 4.74. The van der Waals surface area contributed by atoms with E-state index in [9.17, 15) is 9.59 Å². The fraction of sp³-hybridized carbons (Fsp3) is 0.0800. The number of anilines is 2. The first-order chi connectivity index (χ1) is 15.2. The third-order valence-corrected chi connectivity index (χ3v) is 6.17. The van der Waals surface area contributed by atoms with Crippen LogP contribution in [-0.2, 0) is 6.42 Å². The van der Waals surface area contributed by atoms with Crippen molar-refractivity contribution in [2.45, 2.75) is 6.42 Å². The van der Waals surface area contributed by atoms with Gasteiger partial charge in [0.2, 0.25) is 0 Å². The van der Waals surface area contributed by atoms with E-state index in [0.29, 0.717) is 23.5 Å². The highest BCUT2D eigenvalue weighted by Crippen LogP contribution is 2.29. The van der Waals surface area contributed by atoms with Crippen LogP contribution >= 0.6 is 11.3 Å². The van der Waals surface area contributed by atoms with Crippen LogP contribution in [0.2, 0.25) is 0 Å². The summed E-state index contributed by atoms with van der Waals surface area (Å²) in [7, 11) is 0. The molecule has 0 saturated carbocycles. The van der Waals surface area contributed by atoms with Crippen molar-refractivity contribution in [2.24, 2.45) is 0 Å². The monoisotopic (exact) mass is 425 g/mol. The smallest absolute Gasteiger partial charge is 0.275 e. The summed E-state index contributed by atoms with van der Waals surface area (Å²) in [6.45, 7) is 0.685. The van der Waals surface area contributed by atoms with Gasteiger partial charge in [0.05, 0.1) is 0 Å². The fourth-order valence-electron chi connectivity index (χ4n) is 3.69. The summed E-state index contributed by atoms with van der Waals surface area (Å²) in [6.07, 6.45) is 0.870. The zero-order valence-corrected chi connectivity index (χ0v) is 17.4. The third kappa shape index (κ3) is 3.85. The normalized spacial score (nSPS) is 12.5. The summed E-state index contributed by atoms with van der Waals surface area (Å²) in [6, 6.07) is 24.7. The van der Waals surface area contributed by atoms with E-state index in [1.54, 1.807) is 29.6 Å². The molecule has 3 aromatic carbocycles. The van der Waals surface area contributed by atoms with Crippen LogP contribution in [-0.4, -0.2) is 23.3 Å². The van der Waals surface area contributed by atoms with Gasteiger partial charge in [-0.2, -0.15) is 0 Å². The molecule has 1 N–H and O–H groups in total. The van der Waals surface area contributed by atoms with Gasteiger partial charge >= 0.3 is 0 Å². The van der Waals surface area contributed by atoms with E-state index >= 15 is 0 Å². The minimum absolute atomic E-state index is 0.0326. The maximum Gasteiger partial charge on any atom is 0.275 e. The zero-order valence-electron chi connectivity index (χ0n) is 16.6. The number of carbonyl (C=O) groups excluding carboxylic acids is 2. The first-order valence-electron chi connectivity index (χ1n) is 10.0. The molecule has 0 fully saturated rings. The van der Waals surface area contributed by atoms with Crippen LogP contribution in [0.4, 0.5) is 11.4 Å². The molecule has 0 saturated heterocycles. The standard InChI is InChI=1S/C25H19N3O2S/c29-23(21-16-31-24(27-21)18-7-2-1-3-8-18)26-20-12-10-19(11-13-20)25(30)28-15-14-17-6-4-5-9-22(17)28/h1-13,16H,14-15H2,(H,26,29). The second kappa shape index (κ2) is 8.16. The highest BCUT2D eigenvalue weighted by atomic mass is 32.1. The molecule has 0 aliphatic carbocycles. The first-order valence-corrected chi connectivity index (χ1v) is 10.9. The van der Waals surface area contributed by atoms with E-state index in [-0.39, 0.29) is 11.8 Å². The Morgan fingerprint density at radius 2 is 1.65 bits per heavy atom. The number of aromatic nitrogens is 1. The SMILES string of the molecule is O=C(Nc1ccc(C(=O)N2CCc3ccccc32)cc1)c1csc(-c2ccccc2)n1. The van der Waals surface area contributed by atoms with Gasteiger partial charge in [-0.3, -0.25) is 9.59 Å². The van der Waals surface area contributed by atoms with Crippen molar-refractivity contribution in [1.82, 2.24) is 4.98 Å². The molecule has 1 aromatic heterocycles. The molecule has 0 unspecified atom stereocenters.